The van der Waals surface area contributed by atoms with Crippen LogP contribution in [0.4, 0.5) is 5.95 Å². The molecule has 0 aliphatic rings. The summed E-state index contributed by atoms with van der Waals surface area (Å²) in [4.78, 5) is 16.3. The van der Waals surface area contributed by atoms with Crippen molar-refractivity contribution in [3.05, 3.63) is 45.2 Å². The quantitative estimate of drug-likeness (QED) is 0.676. The molecule has 1 aromatic carbocycles. The monoisotopic (exact) mass is 292 g/mol. The Hall–Kier alpha value is -1.97. The lowest BCUT2D eigenvalue weighted by atomic mass is 10.3. The molecular weight excluding hydrogens is 284 g/mol. The van der Waals surface area contributed by atoms with Gasteiger partial charge in [-0.05, 0) is 30.5 Å². The van der Waals surface area contributed by atoms with E-state index < -0.39 is 5.56 Å². The fourth-order valence-electron chi connectivity index (χ4n) is 1.60. The zero-order chi connectivity index (χ0) is 14.0. The minimum Gasteiger partial charge on any atom is -0.369 e. The average molecular weight is 293 g/mol. The molecule has 0 saturated carbocycles. The van der Waals surface area contributed by atoms with E-state index in [-0.39, 0.29) is 11.5 Å². The summed E-state index contributed by atoms with van der Waals surface area (Å²) in [6, 6.07) is 8.42. The lowest BCUT2D eigenvalue weighted by Crippen LogP contribution is -2.26. The van der Waals surface area contributed by atoms with Gasteiger partial charge in [0.1, 0.15) is 16.7 Å². The molecule has 0 aliphatic heterocycles. The number of benzene rings is 1. The molecule has 96 valence electrons. The zero-order valence-corrected chi connectivity index (χ0v) is 11.5. The molecule has 0 saturated heterocycles. The van der Waals surface area contributed by atoms with Gasteiger partial charge in [0.15, 0.2) is 0 Å². The van der Waals surface area contributed by atoms with Gasteiger partial charge >= 0.3 is 0 Å². The number of halogens is 1. The zero-order valence-electron chi connectivity index (χ0n) is 9.92. The molecule has 0 fully saturated rings. The van der Waals surface area contributed by atoms with E-state index in [0.29, 0.717) is 15.7 Å². The predicted octanol–water partition coefficient (Wildman–Crippen LogP) is 2.06. The van der Waals surface area contributed by atoms with Crippen molar-refractivity contribution in [2.24, 2.45) is 0 Å². The molecule has 0 atom stereocenters. The summed E-state index contributed by atoms with van der Waals surface area (Å²) in [7, 11) is 0. The molecule has 2 N–H and O–H groups in total. The predicted molar refractivity (Wildman–Crippen MR) is 75.8 cm³/mol. The number of hydrogen-bond acceptors (Lipinski definition) is 5. The second kappa shape index (κ2) is 5.34. The van der Waals surface area contributed by atoms with Gasteiger partial charge in [0, 0.05) is 5.02 Å². The fourth-order valence-corrected chi connectivity index (χ4v) is 2.25. The maximum absolute atomic E-state index is 12.3. The van der Waals surface area contributed by atoms with Crippen molar-refractivity contribution in [1.29, 1.82) is 5.26 Å². The minimum atomic E-state index is -0.485. The number of nitriles is 1. The normalized spacial score (nSPS) is 10.2. The lowest BCUT2D eigenvalue weighted by molar-refractivity contribution is 0.899. The number of thioether (sulfide) groups is 1. The first-order valence-corrected chi connectivity index (χ1v) is 6.81. The third kappa shape index (κ3) is 2.43. The highest BCUT2D eigenvalue weighted by Crippen LogP contribution is 2.19. The lowest BCUT2D eigenvalue weighted by Gasteiger charge is -2.10. The van der Waals surface area contributed by atoms with Crippen molar-refractivity contribution >= 4 is 29.3 Å². The van der Waals surface area contributed by atoms with Crippen molar-refractivity contribution in [1.82, 2.24) is 9.55 Å². The Morgan fingerprint density at radius 3 is 2.58 bits per heavy atom. The van der Waals surface area contributed by atoms with E-state index in [1.54, 1.807) is 30.5 Å². The fraction of sp³-hybridized carbons (Fsp3) is 0.0833. The summed E-state index contributed by atoms with van der Waals surface area (Å²) in [5, 5.41) is 9.93. The van der Waals surface area contributed by atoms with Crippen molar-refractivity contribution in [2.45, 2.75) is 5.03 Å². The van der Waals surface area contributed by atoms with Crippen LogP contribution in [0.5, 0.6) is 0 Å². The largest absolute Gasteiger partial charge is 0.369 e. The number of hydrogen-bond donors (Lipinski definition) is 1. The van der Waals surface area contributed by atoms with Crippen LogP contribution < -0.4 is 11.3 Å². The highest BCUT2D eigenvalue weighted by Gasteiger charge is 2.15. The van der Waals surface area contributed by atoms with Gasteiger partial charge in [-0.15, -0.1) is 11.8 Å². The number of nitrogens with zero attached hydrogens (tertiary/aromatic N) is 3. The molecule has 2 rings (SSSR count). The summed E-state index contributed by atoms with van der Waals surface area (Å²) >= 11 is 7.00. The molecule has 0 bridgehead atoms. The molecule has 0 unspecified atom stereocenters. The molecule has 7 heteroatoms. The number of anilines is 1. The Balaban J connectivity index is 2.75. The molecule has 1 aromatic heterocycles. The maximum atomic E-state index is 12.3. The summed E-state index contributed by atoms with van der Waals surface area (Å²) in [5.41, 5.74) is 5.80. The van der Waals surface area contributed by atoms with E-state index in [4.69, 9.17) is 22.6 Å². The molecular formula is C12H9ClN4OS. The topological polar surface area (TPSA) is 84.7 Å². The standard InChI is InChI=1S/C12H9ClN4OS/c1-19-10-9(6-14)11(18)17(12(15)16-10)8-4-2-7(13)3-5-8/h2-5H,1H3,(H2,15,16). The van der Waals surface area contributed by atoms with Gasteiger partial charge in [-0.2, -0.15) is 5.26 Å². The Bertz CT molecular complexity index is 718. The smallest absolute Gasteiger partial charge is 0.278 e. The Morgan fingerprint density at radius 1 is 1.42 bits per heavy atom. The van der Waals surface area contributed by atoms with Crippen molar-refractivity contribution < 1.29 is 0 Å². The first kappa shape index (κ1) is 13.5. The number of rotatable bonds is 2. The van der Waals surface area contributed by atoms with Crippen LogP contribution in [0.1, 0.15) is 5.56 Å². The second-order valence-corrected chi connectivity index (χ2v) is 4.81. The van der Waals surface area contributed by atoms with Crippen LogP contribution in [-0.2, 0) is 0 Å². The number of nitrogen functional groups attached to an aromatic ring is 1. The molecule has 0 radical (unpaired) electrons. The number of nitrogens with two attached hydrogens (primary N) is 1. The average Bonchev–Trinajstić information content (AvgIpc) is 2.40. The van der Waals surface area contributed by atoms with E-state index in [9.17, 15) is 4.79 Å². The van der Waals surface area contributed by atoms with Crippen LogP contribution in [0.15, 0.2) is 34.1 Å². The van der Waals surface area contributed by atoms with Crippen LogP contribution in [0.3, 0.4) is 0 Å². The maximum Gasteiger partial charge on any atom is 0.278 e. The van der Waals surface area contributed by atoms with Gasteiger partial charge < -0.3 is 5.73 Å². The third-order valence-electron chi connectivity index (χ3n) is 2.47. The Labute approximate surface area is 118 Å². The van der Waals surface area contributed by atoms with Crippen LogP contribution in [0.25, 0.3) is 5.69 Å². The van der Waals surface area contributed by atoms with E-state index >= 15 is 0 Å². The van der Waals surface area contributed by atoms with Crippen LogP contribution in [-0.4, -0.2) is 15.8 Å². The Morgan fingerprint density at radius 2 is 2.05 bits per heavy atom. The summed E-state index contributed by atoms with van der Waals surface area (Å²) < 4.78 is 1.19. The molecule has 2 aromatic rings. The molecule has 0 aliphatic carbocycles. The molecule has 5 nitrogen and oxygen atoms in total. The van der Waals surface area contributed by atoms with E-state index in [1.165, 1.54) is 16.3 Å². The second-order valence-electron chi connectivity index (χ2n) is 3.58. The molecule has 0 spiro atoms. The van der Waals surface area contributed by atoms with Crippen LogP contribution in [0, 0.1) is 11.3 Å². The van der Waals surface area contributed by atoms with Gasteiger partial charge in [0.05, 0.1) is 5.69 Å². The third-order valence-corrected chi connectivity index (χ3v) is 3.40. The summed E-state index contributed by atoms with van der Waals surface area (Å²) in [6.07, 6.45) is 1.73. The molecule has 19 heavy (non-hydrogen) atoms. The molecule has 1 heterocycles. The van der Waals surface area contributed by atoms with Gasteiger partial charge in [0.25, 0.3) is 5.56 Å². The van der Waals surface area contributed by atoms with Crippen LogP contribution in [0.2, 0.25) is 5.02 Å². The highest BCUT2D eigenvalue weighted by molar-refractivity contribution is 7.98. The van der Waals surface area contributed by atoms with E-state index in [2.05, 4.69) is 4.98 Å². The minimum absolute atomic E-state index is 0.0170. The SMILES string of the molecule is CSc1nc(N)n(-c2ccc(Cl)cc2)c(=O)c1C#N. The van der Waals surface area contributed by atoms with Crippen molar-refractivity contribution in [3.8, 4) is 11.8 Å². The molecule has 0 amide bonds. The summed E-state index contributed by atoms with van der Waals surface area (Å²) in [5.74, 6) is 0.0377. The van der Waals surface area contributed by atoms with Gasteiger partial charge in [-0.25, -0.2) is 9.55 Å². The van der Waals surface area contributed by atoms with E-state index in [0.717, 1.165) is 0 Å². The Kier molecular flexibility index (Phi) is 3.79. The summed E-state index contributed by atoms with van der Waals surface area (Å²) in [6.45, 7) is 0. The van der Waals surface area contributed by atoms with Gasteiger partial charge in [-0.1, -0.05) is 11.6 Å². The van der Waals surface area contributed by atoms with Gasteiger partial charge in [-0.3, -0.25) is 4.79 Å². The van der Waals surface area contributed by atoms with Gasteiger partial charge in [0.2, 0.25) is 5.95 Å². The highest BCUT2D eigenvalue weighted by atomic mass is 35.5. The van der Waals surface area contributed by atoms with Crippen molar-refractivity contribution in [3.63, 3.8) is 0 Å². The first-order valence-electron chi connectivity index (χ1n) is 5.21. The number of aromatic nitrogens is 2. The van der Waals surface area contributed by atoms with E-state index in [1.807, 2.05) is 6.07 Å². The first-order chi connectivity index (χ1) is 9.08. The van der Waals surface area contributed by atoms with Crippen LogP contribution >= 0.6 is 23.4 Å². The van der Waals surface area contributed by atoms with Crippen molar-refractivity contribution in [2.75, 3.05) is 12.0 Å².